The molecular weight excluding hydrogens is 180 g/mol. The fraction of sp³-hybridized carbons (Fsp3) is 0.333. The second-order valence-electron chi connectivity index (χ2n) is 3.17. The van der Waals surface area contributed by atoms with Crippen LogP contribution in [0.2, 0.25) is 0 Å². The van der Waals surface area contributed by atoms with Crippen LogP contribution in [0.4, 0.5) is 0 Å². The SMILES string of the molecule is Cn1c(CCN)nc2cc[nH]c(=O)c21. The highest BCUT2D eigenvalue weighted by atomic mass is 16.1. The minimum Gasteiger partial charge on any atom is -0.330 e. The van der Waals surface area contributed by atoms with Crippen molar-refractivity contribution in [2.75, 3.05) is 6.54 Å². The van der Waals surface area contributed by atoms with Crippen molar-refractivity contribution < 1.29 is 0 Å². The third kappa shape index (κ3) is 1.22. The molecule has 0 aromatic carbocycles. The van der Waals surface area contributed by atoms with Gasteiger partial charge in [0.25, 0.3) is 5.56 Å². The van der Waals surface area contributed by atoms with E-state index in [0.717, 1.165) is 11.3 Å². The highest BCUT2D eigenvalue weighted by Gasteiger charge is 2.08. The molecule has 0 spiro atoms. The molecule has 0 saturated carbocycles. The molecule has 0 aliphatic rings. The first-order valence-corrected chi connectivity index (χ1v) is 4.47. The van der Waals surface area contributed by atoms with Crippen LogP contribution >= 0.6 is 0 Å². The Bertz CT molecular complexity index is 511. The number of imidazole rings is 1. The molecule has 0 unspecified atom stereocenters. The average molecular weight is 192 g/mol. The summed E-state index contributed by atoms with van der Waals surface area (Å²) in [5, 5.41) is 0. The first kappa shape index (κ1) is 8.96. The minimum absolute atomic E-state index is 0.110. The number of aryl methyl sites for hydroxylation is 1. The molecule has 2 aromatic rings. The van der Waals surface area contributed by atoms with E-state index in [9.17, 15) is 4.79 Å². The zero-order chi connectivity index (χ0) is 10.1. The van der Waals surface area contributed by atoms with Crippen molar-refractivity contribution in [3.63, 3.8) is 0 Å². The van der Waals surface area contributed by atoms with E-state index >= 15 is 0 Å². The lowest BCUT2D eigenvalue weighted by atomic mass is 10.4. The van der Waals surface area contributed by atoms with Gasteiger partial charge in [-0.1, -0.05) is 0 Å². The average Bonchev–Trinajstić information content (AvgIpc) is 2.46. The van der Waals surface area contributed by atoms with Crippen LogP contribution in [0.1, 0.15) is 5.82 Å². The normalized spacial score (nSPS) is 11.0. The van der Waals surface area contributed by atoms with Gasteiger partial charge in [-0.3, -0.25) is 4.79 Å². The second-order valence-corrected chi connectivity index (χ2v) is 3.17. The van der Waals surface area contributed by atoms with Crippen LogP contribution in [0.25, 0.3) is 11.0 Å². The number of pyridine rings is 1. The third-order valence-electron chi connectivity index (χ3n) is 2.25. The standard InChI is InChI=1S/C9H12N4O/c1-13-7(2-4-10)12-6-3-5-11-9(14)8(6)13/h3,5H,2,4,10H2,1H3,(H,11,14). The summed E-state index contributed by atoms with van der Waals surface area (Å²) in [5.74, 6) is 0.846. The topological polar surface area (TPSA) is 76.7 Å². The first-order chi connectivity index (χ1) is 6.74. The molecule has 0 fully saturated rings. The van der Waals surface area contributed by atoms with E-state index in [2.05, 4.69) is 9.97 Å². The number of nitrogens with two attached hydrogens (primary N) is 1. The zero-order valence-corrected chi connectivity index (χ0v) is 7.95. The van der Waals surface area contributed by atoms with Crippen molar-refractivity contribution in [1.29, 1.82) is 0 Å². The van der Waals surface area contributed by atoms with Crippen LogP contribution < -0.4 is 11.3 Å². The van der Waals surface area contributed by atoms with Crippen LogP contribution in [0, 0.1) is 0 Å². The number of rotatable bonds is 2. The van der Waals surface area contributed by atoms with E-state index in [1.807, 2.05) is 7.05 Å². The molecule has 2 aromatic heterocycles. The summed E-state index contributed by atoms with van der Waals surface area (Å²) >= 11 is 0. The van der Waals surface area contributed by atoms with Crippen LogP contribution in [0.5, 0.6) is 0 Å². The smallest absolute Gasteiger partial charge is 0.274 e. The fourth-order valence-corrected chi connectivity index (χ4v) is 1.57. The lowest BCUT2D eigenvalue weighted by molar-refractivity contribution is 0.791. The molecule has 0 aliphatic heterocycles. The van der Waals surface area contributed by atoms with Gasteiger partial charge in [-0.05, 0) is 12.6 Å². The van der Waals surface area contributed by atoms with Gasteiger partial charge in [-0.2, -0.15) is 0 Å². The van der Waals surface area contributed by atoms with E-state index in [-0.39, 0.29) is 5.56 Å². The Morgan fingerprint density at radius 3 is 3.07 bits per heavy atom. The van der Waals surface area contributed by atoms with E-state index < -0.39 is 0 Å². The summed E-state index contributed by atoms with van der Waals surface area (Å²) in [6.45, 7) is 0.537. The maximum absolute atomic E-state index is 11.5. The van der Waals surface area contributed by atoms with Crippen molar-refractivity contribution in [3.05, 3.63) is 28.4 Å². The molecule has 2 heterocycles. The summed E-state index contributed by atoms with van der Waals surface area (Å²) in [4.78, 5) is 18.4. The summed E-state index contributed by atoms with van der Waals surface area (Å²) < 4.78 is 1.79. The number of hydrogen-bond donors (Lipinski definition) is 2. The zero-order valence-electron chi connectivity index (χ0n) is 7.95. The van der Waals surface area contributed by atoms with Crippen molar-refractivity contribution >= 4 is 11.0 Å². The molecule has 74 valence electrons. The number of aromatic amines is 1. The number of hydrogen-bond acceptors (Lipinski definition) is 3. The fourth-order valence-electron chi connectivity index (χ4n) is 1.57. The predicted octanol–water partition coefficient (Wildman–Crippen LogP) is -0.237. The van der Waals surface area contributed by atoms with Gasteiger partial charge < -0.3 is 15.3 Å². The number of nitrogens with one attached hydrogen (secondary N) is 1. The maximum Gasteiger partial charge on any atom is 0.274 e. The van der Waals surface area contributed by atoms with Gasteiger partial charge in [0.2, 0.25) is 0 Å². The van der Waals surface area contributed by atoms with E-state index in [1.54, 1.807) is 16.8 Å². The summed E-state index contributed by atoms with van der Waals surface area (Å²) in [6, 6.07) is 1.79. The molecule has 5 heteroatoms. The number of H-pyrrole nitrogens is 1. The molecule has 2 rings (SSSR count). The van der Waals surface area contributed by atoms with Crippen LogP contribution in [-0.2, 0) is 13.5 Å². The van der Waals surface area contributed by atoms with Gasteiger partial charge in [0, 0.05) is 19.7 Å². The van der Waals surface area contributed by atoms with Gasteiger partial charge in [0.05, 0.1) is 5.52 Å². The molecule has 0 bridgehead atoms. The predicted molar refractivity (Wildman–Crippen MR) is 54.1 cm³/mol. The molecule has 3 N–H and O–H groups in total. The second kappa shape index (κ2) is 3.26. The Labute approximate surface area is 80.6 Å². The van der Waals surface area contributed by atoms with Gasteiger partial charge in [0.15, 0.2) is 0 Å². The van der Waals surface area contributed by atoms with E-state index in [4.69, 9.17) is 5.73 Å². The lowest BCUT2D eigenvalue weighted by Gasteiger charge is -1.98. The summed E-state index contributed by atoms with van der Waals surface area (Å²) in [6.07, 6.45) is 2.29. The summed E-state index contributed by atoms with van der Waals surface area (Å²) in [7, 11) is 1.83. The number of fused-ring (bicyclic) bond motifs is 1. The van der Waals surface area contributed by atoms with Crippen LogP contribution in [0.15, 0.2) is 17.1 Å². The highest BCUT2D eigenvalue weighted by molar-refractivity contribution is 5.74. The largest absolute Gasteiger partial charge is 0.330 e. The van der Waals surface area contributed by atoms with Crippen LogP contribution in [0.3, 0.4) is 0 Å². The maximum atomic E-state index is 11.5. The Morgan fingerprint density at radius 2 is 2.43 bits per heavy atom. The van der Waals surface area contributed by atoms with E-state index in [1.165, 1.54) is 0 Å². The summed E-state index contributed by atoms with van der Waals surface area (Å²) in [5.41, 5.74) is 6.67. The van der Waals surface area contributed by atoms with Gasteiger partial charge in [-0.25, -0.2) is 4.98 Å². The van der Waals surface area contributed by atoms with Gasteiger partial charge in [-0.15, -0.1) is 0 Å². The van der Waals surface area contributed by atoms with Crippen molar-refractivity contribution in [3.8, 4) is 0 Å². The first-order valence-electron chi connectivity index (χ1n) is 4.47. The number of nitrogens with zero attached hydrogens (tertiary/aromatic N) is 2. The molecule has 0 saturated heterocycles. The third-order valence-corrected chi connectivity index (χ3v) is 2.25. The van der Waals surface area contributed by atoms with Crippen molar-refractivity contribution in [1.82, 2.24) is 14.5 Å². The highest BCUT2D eigenvalue weighted by Crippen LogP contribution is 2.09. The Hall–Kier alpha value is -1.62. The monoisotopic (exact) mass is 192 g/mol. The van der Waals surface area contributed by atoms with Crippen molar-refractivity contribution in [2.24, 2.45) is 12.8 Å². The molecule has 0 atom stereocenters. The number of aromatic nitrogens is 3. The molecule has 0 radical (unpaired) electrons. The van der Waals surface area contributed by atoms with Gasteiger partial charge >= 0.3 is 0 Å². The quantitative estimate of drug-likeness (QED) is 0.689. The Kier molecular flexibility index (Phi) is 2.09. The van der Waals surface area contributed by atoms with E-state index in [0.29, 0.717) is 18.5 Å². The minimum atomic E-state index is -0.110. The molecule has 5 nitrogen and oxygen atoms in total. The molecule has 0 amide bonds. The molecule has 14 heavy (non-hydrogen) atoms. The Morgan fingerprint density at radius 1 is 1.64 bits per heavy atom. The lowest BCUT2D eigenvalue weighted by Crippen LogP contribution is -2.11. The Balaban J connectivity index is 2.74. The molecule has 0 aliphatic carbocycles. The molecular formula is C9H12N4O. The van der Waals surface area contributed by atoms with Crippen molar-refractivity contribution in [2.45, 2.75) is 6.42 Å². The van der Waals surface area contributed by atoms with Crippen LogP contribution in [-0.4, -0.2) is 21.1 Å². The van der Waals surface area contributed by atoms with Gasteiger partial charge in [0.1, 0.15) is 11.3 Å².